The number of nitrogens with zero attached hydrogens (tertiary/aromatic N) is 3. The minimum atomic E-state index is -0.322. The summed E-state index contributed by atoms with van der Waals surface area (Å²) in [5.74, 6) is 3.77. The number of aromatic nitrogens is 2. The third kappa shape index (κ3) is 3.75. The van der Waals surface area contributed by atoms with E-state index in [2.05, 4.69) is 38.7 Å². The number of nitriles is 1. The van der Waals surface area contributed by atoms with Crippen LogP contribution in [0.25, 0.3) is 6.08 Å². The fourth-order valence-electron chi connectivity index (χ4n) is 3.97. The first-order chi connectivity index (χ1) is 14.4. The molecular weight excluding hydrogens is 374 g/mol. The summed E-state index contributed by atoms with van der Waals surface area (Å²) in [5, 5.41) is 25.7. The number of nitrogens with one attached hydrogen (secondary N) is 2. The molecule has 3 N–H and O–H groups in total. The molecule has 1 aromatic heterocycles. The summed E-state index contributed by atoms with van der Waals surface area (Å²) in [4.78, 5) is 8.90. The minimum absolute atomic E-state index is 0.114. The lowest BCUT2D eigenvalue weighted by Gasteiger charge is -2.49. The highest BCUT2D eigenvalue weighted by Crippen LogP contribution is 2.42. The Kier molecular flexibility index (Phi) is 5.20. The van der Waals surface area contributed by atoms with Crippen LogP contribution in [-0.2, 0) is 6.42 Å². The SMILES string of the molecule is C#Cc1cnc(NCCC2=Cc3cc(C#N)ccc3C2)nc1N[C@@H]1C[C@H](O)C1(C)C. The number of aliphatic hydroxyl groups is 1. The van der Waals surface area contributed by atoms with Crippen LogP contribution in [0.3, 0.4) is 0 Å². The molecule has 1 fully saturated rings. The number of aliphatic hydroxyl groups excluding tert-OH is 1. The maximum Gasteiger partial charge on any atom is 0.224 e. The van der Waals surface area contributed by atoms with Crippen LogP contribution in [0.1, 0.15) is 48.9 Å². The molecule has 0 spiro atoms. The van der Waals surface area contributed by atoms with Gasteiger partial charge in [-0.25, -0.2) is 4.98 Å². The molecule has 6 heteroatoms. The largest absolute Gasteiger partial charge is 0.392 e. The van der Waals surface area contributed by atoms with Crippen molar-refractivity contribution in [2.75, 3.05) is 17.2 Å². The topological polar surface area (TPSA) is 93.9 Å². The highest BCUT2D eigenvalue weighted by atomic mass is 16.3. The van der Waals surface area contributed by atoms with Gasteiger partial charge in [0.25, 0.3) is 0 Å². The smallest absolute Gasteiger partial charge is 0.224 e. The zero-order valence-electron chi connectivity index (χ0n) is 17.2. The van der Waals surface area contributed by atoms with E-state index in [-0.39, 0.29) is 17.6 Å². The molecule has 1 heterocycles. The Bertz CT molecular complexity index is 1090. The van der Waals surface area contributed by atoms with E-state index in [4.69, 9.17) is 11.7 Å². The van der Waals surface area contributed by atoms with Gasteiger partial charge in [-0.3, -0.25) is 0 Å². The molecular formula is C24H25N5O. The molecule has 0 bridgehead atoms. The van der Waals surface area contributed by atoms with Crippen molar-refractivity contribution in [1.29, 1.82) is 5.26 Å². The van der Waals surface area contributed by atoms with Crippen molar-refractivity contribution in [3.05, 3.63) is 52.2 Å². The lowest BCUT2D eigenvalue weighted by molar-refractivity contribution is -0.0511. The van der Waals surface area contributed by atoms with Crippen LogP contribution in [0.2, 0.25) is 0 Å². The number of fused-ring (bicyclic) bond motifs is 1. The summed E-state index contributed by atoms with van der Waals surface area (Å²) in [7, 11) is 0. The lowest BCUT2D eigenvalue weighted by atomic mass is 9.64. The van der Waals surface area contributed by atoms with Crippen LogP contribution < -0.4 is 10.6 Å². The van der Waals surface area contributed by atoms with Gasteiger partial charge in [0.1, 0.15) is 5.82 Å². The summed E-state index contributed by atoms with van der Waals surface area (Å²) in [5.41, 5.74) is 4.79. The standard InChI is InChI=1S/C24H25N5O/c1-4-17-14-27-23(29-22(17)28-20-12-21(30)24(20,2)3)26-8-7-15-9-18-6-5-16(13-25)11-19(18)10-15/h1,5-6,10-11,14,20-21,30H,7-9,12H2,2-3H3,(H2,26,27,28,29)/t20-,21+/m1/s1. The molecule has 1 saturated carbocycles. The van der Waals surface area contributed by atoms with E-state index in [9.17, 15) is 5.11 Å². The predicted molar refractivity (Wildman–Crippen MR) is 118 cm³/mol. The summed E-state index contributed by atoms with van der Waals surface area (Å²) < 4.78 is 0. The first-order valence-electron chi connectivity index (χ1n) is 10.2. The molecule has 0 amide bonds. The van der Waals surface area contributed by atoms with Gasteiger partial charge >= 0.3 is 0 Å². The van der Waals surface area contributed by atoms with E-state index in [1.165, 1.54) is 11.1 Å². The Morgan fingerprint density at radius 3 is 2.90 bits per heavy atom. The fraction of sp³-hybridized carbons (Fsp3) is 0.375. The molecule has 0 aliphatic heterocycles. The molecule has 0 unspecified atom stereocenters. The van der Waals surface area contributed by atoms with Gasteiger partial charge in [0.15, 0.2) is 0 Å². The van der Waals surface area contributed by atoms with E-state index < -0.39 is 0 Å². The molecule has 0 radical (unpaired) electrons. The van der Waals surface area contributed by atoms with Crippen molar-refractivity contribution in [1.82, 2.24) is 9.97 Å². The maximum atomic E-state index is 9.97. The molecule has 2 atom stereocenters. The zero-order chi connectivity index (χ0) is 21.3. The Balaban J connectivity index is 1.38. The van der Waals surface area contributed by atoms with Gasteiger partial charge in [-0.2, -0.15) is 10.2 Å². The molecule has 2 aliphatic rings. The average Bonchev–Trinajstić information content (AvgIpc) is 3.15. The van der Waals surface area contributed by atoms with Gasteiger partial charge in [-0.05, 0) is 42.5 Å². The van der Waals surface area contributed by atoms with Crippen LogP contribution in [0, 0.1) is 29.1 Å². The Morgan fingerprint density at radius 2 is 2.20 bits per heavy atom. The van der Waals surface area contributed by atoms with Crippen LogP contribution in [-0.4, -0.2) is 33.8 Å². The van der Waals surface area contributed by atoms with Gasteiger partial charge in [-0.1, -0.05) is 37.5 Å². The van der Waals surface area contributed by atoms with E-state index >= 15 is 0 Å². The van der Waals surface area contributed by atoms with E-state index in [0.29, 0.717) is 35.9 Å². The fourth-order valence-corrected chi connectivity index (χ4v) is 3.97. The monoisotopic (exact) mass is 399 g/mol. The summed E-state index contributed by atoms with van der Waals surface area (Å²) >= 11 is 0. The first-order valence-corrected chi connectivity index (χ1v) is 10.2. The molecule has 30 heavy (non-hydrogen) atoms. The second-order valence-corrected chi connectivity index (χ2v) is 8.55. The van der Waals surface area contributed by atoms with Crippen molar-refractivity contribution >= 4 is 17.8 Å². The van der Waals surface area contributed by atoms with Crippen LogP contribution >= 0.6 is 0 Å². The van der Waals surface area contributed by atoms with Crippen molar-refractivity contribution in [3.63, 3.8) is 0 Å². The lowest BCUT2D eigenvalue weighted by Crippen LogP contribution is -2.57. The zero-order valence-corrected chi connectivity index (χ0v) is 17.2. The van der Waals surface area contributed by atoms with Gasteiger partial charge < -0.3 is 15.7 Å². The highest BCUT2D eigenvalue weighted by molar-refractivity contribution is 5.65. The predicted octanol–water partition coefficient (Wildman–Crippen LogP) is 3.34. The number of terminal acetylenes is 1. The maximum absolute atomic E-state index is 9.97. The van der Waals surface area contributed by atoms with E-state index in [1.807, 2.05) is 32.0 Å². The molecule has 2 aromatic rings. The number of hydrogen-bond acceptors (Lipinski definition) is 6. The molecule has 0 saturated heterocycles. The van der Waals surface area contributed by atoms with Gasteiger partial charge in [0, 0.05) is 18.0 Å². The molecule has 152 valence electrons. The van der Waals surface area contributed by atoms with Crippen molar-refractivity contribution in [2.45, 2.75) is 45.3 Å². The minimum Gasteiger partial charge on any atom is -0.392 e. The first kappa shape index (κ1) is 19.9. The average molecular weight is 399 g/mol. The van der Waals surface area contributed by atoms with Gasteiger partial charge in [0.05, 0.1) is 29.5 Å². The number of anilines is 2. The summed E-state index contributed by atoms with van der Waals surface area (Å²) in [6.07, 6.45) is 11.5. The number of rotatable bonds is 6. The van der Waals surface area contributed by atoms with Crippen molar-refractivity contribution in [3.8, 4) is 18.4 Å². The highest BCUT2D eigenvalue weighted by Gasteiger charge is 2.47. The second-order valence-electron chi connectivity index (χ2n) is 8.55. The quantitative estimate of drug-likeness (QED) is 0.645. The third-order valence-electron chi connectivity index (χ3n) is 6.25. The van der Waals surface area contributed by atoms with E-state index in [0.717, 1.165) is 18.4 Å². The summed E-state index contributed by atoms with van der Waals surface area (Å²) in [6, 6.07) is 8.14. The molecule has 6 nitrogen and oxygen atoms in total. The van der Waals surface area contributed by atoms with Crippen LogP contribution in [0.15, 0.2) is 30.0 Å². The molecule has 2 aliphatic carbocycles. The van der Waals surface area contributed by atoms with Gasteiger partial charge in [0.2, 0.25) is 5.95 Å². The van der Waals surface area contributed by atoms with Crippen molar-refractivity contribution < 1.29 is 5.11 Å². The van der Waals surface area contributed by atoms with Crippen LogP contribution in [0.4, 0.5) is 11.8 Å². The number of benzene rings is 1. The molecule has 4 rings (SSSR count). The normalized spacial score (nSPS) is 20.9. The van der Waals surface area contributed by atoms with Crippen LogP contribution in [0.5, 0.6) is 0 Å². The third-order valence-corrected chi connectivity index (χ3v) is 6.25. The second kappa shape index (κ2) is 7.82. The summed E-state index contributed by atoms with van der Waals surface area (Å²) in [6.45, 7) is 4.76. The van der Waals surface area contributed by atoms with Gasteiger partial charge in [-0.15, -0.1) is 6.42 Å². The number of hydrogen-bond donors (Lipinski definition) is 3. The Hall–Kier alpha value is -3.35. The Morgan fingerprint density at radius 1 is 1.37 bits per heavy atom. The van der Waals surface area contributed by atoms with Crippen molar-refractivity contribution in [2.24, 2.45) is 5.41 Å². The molecule has 1 aromatic carbocycles. The van der Waals surface area contributed by atoms with E-state index in [1.54, 1.807) is 6.20 Å². The Labute approximate surface area is 177 Å².